The summed E-state index contributed by atoms with van der Waals surface area (Å²) in [5, 5.41) is 2.97. The number of benzene rings is 1. The van der Waals surface area contributed by atoms with E-state index in [-0.39, 0.29) is 6.04 Å². The van der Waals surface area contributed by atoms with Gasteiger partial charge in [0, 0.05) is 11.1 Å². The fraction of sp³-hybridized carbons (Fsp3) is 0.100. The van der Waals surface area contributed by atoms with Crippen LogP contribution in [0.15, 0.2) is 30.5 Å². The predicted octanol–water partition coefficient (Wildman–Crippen LogP) is 1.76. The molecule has 0 radical (unpaired) electrons. The molecule has 0 fully saturated rings. The van der Waals surface area contributed by atoms with Crippen molar-refractivity contribution in [3.8, 4) is 0 Å². The van der Waals surface area contributed by atoms with Crippen LogP contribution in [0.2, 0.25) is 0 Å². The van der Waals surface area contributed by atoms with Gasteiger partial charge in [-0.3, -0.25) is 0 Å². The molecule has 1 unspecified atom stereocenters. The summed E-state index contributed by atoms with van der Waals surface area (Å²) in [5.74, 6) is 0. The zero-order valence-corrected chi connectivity index (χ0v) is 7.79. The molecule has 1 aliphatic rings. The number of carbonyl (C=O) groups excluding carboxylic acids is 1. The second kappa shape index (κ2) is 3.26. The van der Waals surface area contributed by atoms with Crippen molar-refractivity contribution in [1.82, 2.24) is 5.32 Å². The summed E-state index contributed by atoms with van der Waals surface area (Å²) in [5.41, 5.74) is 2.02. The fourth-order valence-electron chi connectivity index (χ4n) is 1.45. The Morgan fingerprint density at radius 3 is 2.92 bits per heavy atom. The molecule has 1 atom stereocenters. The summed E-state index contributed by atoms with van der Waals surface area (Å²) < 4.78 is 0. The Bertz CT molecular complexity index is 373. The van der Waals surface area contributed by atoms with Crippen LogP contribution in [-0.2, 0) is 4.79 Å². The first-order chi connectivity index (χ1) is 6.33. The van der Waals surface area contributed by atoms with Crippen LogP contribution in [0.25, 0.3) is 4.91 Å². The van der Waals surface area contributed by atoms with E-state index >= 15 is 0 Å². The van der Waals surface area contributed by atoms with E-state index in [1.165, 1.54) is 0 Å². The second-order valence-electron chi connectivity index (χ2n) is 2.90. The van der Waals surface area contributed by atoms with E-state index in [4.69, 9.17) is 0 Å². The fourth-order valence-corrected chi connectivity index (χ4v) is 1.73. The molecule has 13 heavy (non-hydrogen) atoms. The largest absolute Gasteiger partial charge is 0.377 e. The molecule has 1 aliphatic heterocycles. The molecule has 3 heteroatoms. The molecule has 1 heterocycles. The van der Waals surface area contributed by atoms with Crippen LogP contribution in [-0.4, -0.2) is 6.29 Å². The SMILES string of the molecule is O=CC1NC=C(S)c2ccccc21. The van der Waals surface area contributed by atoms with Gasteiger partial charge < -0.3 is 10.1 Å². The molecule has 2 nitrogen and oxygen atoms in total. The van der Waals surface area contributed by atoms with E-state index in [1.807, 2.05) is 24.3 Å². The molecule has 0 spiro atoms. The van der Waals surface area contributed by atoms with Crippen LogP contribution in [0.5, 0.6) is 0 Å². The van der Waals surface area contributed by atoms with Gasteiger partial charge in [0.2, 0.25) is 0 Å². The van der Waals surface area contributed by atoms with Gasteiger partial charge in [-0.1, -0.05) is 24.3 Å². The van der Waals surface area contributed by atoms with Gasteiger partial charge in [-0.2, -0.15) is 0 Å². The number of hydrogen-bond acceptors (Lipinski definition) is 3. The monoisotopic (exact) mass is 191 g/mol. The van der Waals surface area contributed by atoms with Crippen LogP contribution in [0.1, 0.15) is 17.2 Å². The zero-order valence-electron chi connectivity index (χ0n) is 6.90. The summed E-state index contributed by atoms with van der Waals surface area (Å²) in [6.07, 6.45) is 2.65. The maximum Gasteiger partial charge on any atom is 0.146 e. The van der Waals surface area contributed by atoms with Gasteiger partial charge in [-0.25, -0.2) is 0 Å². The third kappa shape index (κ3) is 1.35. The van der Waals surface area contributed by atoms with Crippen LogP contribution >= 0.6 is 12.6 Å². The number of hydrogen-bond donors (Lipinski definition) is 2. The molecule has 0 aliphatic carbocycles. The average molecular weight is 191 g/mol. The average Bonchev–Trinajstić information content (AvgIpc) is 2.19. The Kier molecular flexibility index (Phi) is 2.10. The van der Waals surface area contributed by atoms with Gasteiger partial charge in [-0.15, -0.1) is 12.6 Å². The topological polar surface area (TPSA) is 29.1 Å². The molecule has 0 bridgehead atoms. The molecular weight excluding hydrogens is 182 g/mol. The van der Waals surface area contributed by atoms with Crippen molar-refractivity contribution in [2.75, 3.05) is 0 Å². The van der Waals surface area contributed by atoms with Gasteiger partial charge >= 0.3 is 0 Å². The van der Waals surface area contributed by atoms with E-state index in [1.54, 1.807) is 6.20 Å². The minimum Gasteiger partial charge on any atom is -0.377 e. The highest BCUT2D eigenvalue weighted by atomic mass is 32.1. The van der Waals surface area contributed by atoms with Crippen molar-refractivity contribution in [2.45, 2.75) is 6.04 Å². The highest BCUT2D eigenvalue weighted by Gasteiger charge is 2.17. The zero-order chi connectivity index (χ0) is 9.26. The lowest BCUT2D eigenvalue weighted by atomic mass is 9.99. The van der Waals surface area contributed by atoms with Crippen LogP contribution in [0, 0.1) is 0 Å². The minimum atomic E-state index is -0.230. The van der Waals surface area contributed by atoms with E-state index in [9.17, 15) is 4.79 Å². The molecule has 1 aromatic rings. The molecular formula is C10H9NOS. The highest BCUT2D eigenvalue weighted by Crippen LogP contribution is 2.29. The highest BCUT2D eigenvalue weighted by molar-refractivity contribution is 7.90. The first kappa shape index (κ1) is 8.38. The Hall–Kier alpha value is -1.22. The number of fused-ring (bicyclic) bond motifs is 1. The van der Waals surface area contributed by atoms with Gasteiger partial charge in [0.05, 0.1) is 0 Å². The standard InChI is InChI=1S/C10H9NOS/c12-6-9-7-3-1-2-4-8(7)10(13)5-11-9/h1-6,9,11,13H. The predicted molar refractivity (Wildman–Crippen MR) is 55.3 cm³/mol. The van der Waals surface area contributed by atoms with Crippen molar-refractivity contribution >= 4 is 23.8 Å². The summed E-state index contributed by atoms with van der Waals surface area (Å²) >= 11 is 4.30. The normalized spacial score (nSPS) is 19.8. The molecule has 66 valence electrons. The molecule has 1 aromatic carbocycles. The van der Waals surface area contributed by atoms with Gasteiger partial charge in [0.15, 0.2) is 0 Å². The van der Waals surface area contributed by atoms with Crippen molar-refractivity contribution in [3.63, 3.8) is 0 Å². The molecule has 0 saturated heterocycles. The Balaban J connectivity index is 2.56. The first-order valence-electron chi connectivity index (χ1n) is 4.02. The van der Waals surface area contributed by atoms with Gasteiger partial charge in [0.25, 0.3) is 0 Å². The maximum atomic E-state index is 10.7. The summed E-state index contributed by atoms with van der Waals surface area (Å²) in [6, 6.07) is 7.53. The summed E-state index contributed by atoms with van der Waals surface area (Å²) in [6.45, 7) is 0. The third-order valence-corrected chi connectivity index (χ3v) is 2.48. The summed E-state index contributed by atoms with van der Waals surface area (Å²) in [4.78, 5) is 11.6. The Labute approximate surface area is 82.1 Å². The van der Waals surface area contributed by atoms with E-state index in [2.05, 4.69) is 17.9 Å². The number of rotatable bonds is 1. The van der Waals surface area contributed by atoms with Crippen molar-refractivity contribution in [1.29, 1.82) is 0 Å². The smallest absolute Gasteiger partial charge is 0.146 e. The van der Waals surface area contributed by atoms with Crippen LogP contribution < -0.4 is 5.32 Å². The Morgan fingerprint density at radius 1 is 1.38 bits per heavy atom. The van der Waals surface area contributed by atoms with Crippen molar-refractivity contribution in [2.24, 2.45) is 0 Å². The lowest BCUT2D eigenvalue weighted by Gasteiger charge is -2.20. The van der Waals surface area contributed by atoms with E-state index in [0.717, 1.165) is 22.3 Å². The number of carbonyl (C=O) groups is 1. The number of thiol groups is 1. The van der Waals surface area contributed by atoms with Crippen LogP contribution in [0.4, 0.5) is 0 Å². The quantitative estimate of drug-likeness (QED) is 0.523. The lowest BCUT2D eigenvalue weighted by molar-refractivity contribution is -0.109. The third-order valence-electron chi connectivity index (χ3n) is 2.11. The lowest BCUT2D eigenvalue weighted by Crippen LogP contribution is -2.21. The van der Waals surface area contributed by atoms with Crippen molar-refractivity contribution in [3.05, 3.63) is 41.6 Å². The van der Waals surface area contributed by atoms with Crippen molar-refractivity contribution < 1.29 is 4.79 Å². The molecule has 2 rings (SSSR count). The first-order valence-corrected chi connectivity index (χ1v) is 4.47. The molecule has 1 N–H and O–H groups in total. The van der Waals surface area contributed by atoms with Gasteiger partial charge in [0.1, 0.15) is 12.3 Å². The maximum absolute atomic E-state index is 10.7. The van der Waals surface area contributed by atoms with Crippen LogP contribution in [0.3, 0.4) is 0 Å². The second-order valence-corrected chi connectivity index (χ2v) is 3.38. The molecule has 0 aromatic heterocycles. The van der Waals surface area contributed by atoms with E-state index < -0.39 is 0 Å². The van der Waals surface area contributed by atoms with E-state index in [0.29, 0.717) is 0 Å². The number of nitrogens with one attached hydrogen (secondary N) is 1. The molecule has 0 amide bonds. The minimum absolute atomic E-state index is 0.230. The molecule has 0 saturated carbocycles. The summed E-state index contributed by atoms with van der Waals surface area (Å²) in [7, 11) is 0. The Morgan fingerprint density at radius 2 is 2.15 bits per heavy atom. The van der Waals surface area contributed by atoms with Gasteiger partial charge in [-0.05, 0) is 11.1 Å². The number of aldehydes is 1.